The molecular formula is C11H19N3O3S. The number of nitrogens with one attached hydrogen (secondary N) is 1. The van der Waals surface area contributed by atoms with E-state index in [0.29, 0.717) is 24.8 Å². The Morgan fingerprint density at radius 1 is 1.44 bits per heavy atom. The van der Waals surface area contributed by atoms with Gasteiger partial charge >= 0.3 is 0 Å². The van der Waals surface area contributed by atoms with Crippen molar-refractivity contribution in [2.45, 2.75) is 26.4 Å². The van der Waals surface area contributed by atoms with Gasteiger partial charge in [-0.05, 0) is 20.3 Å². The van der Waals surface area contributed by atoms with Gasteiger partial charge in [0.15, 0.2) is 0 Å². The van der Waals surface area contributed by atoms with E-state index in [1.165, 1.54) is 6.26 Å². The summed E-state index contributed by atoms with van der Waals surface area (Å²) in [4.78, 5) is 8.18. The van der Waals surface area contributed by atoms with Crippen molar-refractivity contribution >= 4 is 15.8 Å². The maximum atomic E-state index is 10.9. The van der Waals surface area contributed by atoms with Crippen LogP contribution in [0.2, 0.25) is 0 Å². The predicted molar refractivity (Wildman–Crippen MR) is 70.6 cm³/mol. The van der Waals surface area contributed by atoms with Crippen LogP contribution in [-0.2, 0) is 9.84 Å². The highest BCUT2D eigenvalue weighted by Gasteiger charge is 2.04. The Morgan fingerprint density at radius 2 is 2.17 bits per heavy atom. The van der Waals surface area contributed by atoms with Crippen LogP contribution in [0.15, 0.2) is 12.3 Å². The van der Waals surface area contributed by atoms with Crippen LogP contribution in [0.3, 0.4) is 0 Å². The van der Waals surface area contributed by atoms with Crippen molar-refractivity contribution in [3.05, 3.63) is 12.3 Å². The van der Waals surface area contributed by atoms with Gasteiger partial charge in [-0.1, -0.05) is 0 Å². The van der Waals surface area contributed by atoms with Crippen molar-refractivity contribution in [3.8, 4) is 5.88 Å². The molecule has 0 saturated heterocycles. The molecule has 0 aliphatic carbocycles. The van der Waals surface area contributed by atoms with Gasteiger partial charge in [0.05, 0.1) is 11.9 Å². The van der Waals surface area contributed by atoms with Gasteiger partial charge in [0, 0.05) is 25.1 Å². The molecule has 0 unspecified atom stereocenters. The molecule has 0 aliphatic heterocycles. The lowest BCUT2D eigenvalue weighted by Gasteiger charge is -2.09. The molecule has 1 aromatic rings. The Labute approximate surface area is 108 Å². The zero-order valence-corrected chi connectivity index (χ0v) is 11.7. The Hall–Kier alpha value is -1.37. The molecule has 7 heteroatoms. The molecule has 0 spiro atoms. The monoisotopic (exact) mass is 273 g/mol. The maximum absolute atomic E-state index is 10.9. The first-order valence-electron chi connectivity index (χ1n) is 5.78. The standard InChI is InChI=1S/C11H19N3O3S/c1-9(2)17-10-5-7-13-11(14-10)12-6-4-8-18(3,15)16/h5,7,9H,4,6,8H2,1-3H3,(H,12,13,14). The predicted octanol–water partition coefficient (Wildman–Crippen LogP) is 1.11. The summed E-state index contributed by atoms with van der Waals surface area (Å²) >= 11 is 0. The van der Waals surface area contributed by atoms with Gasteiger partial charge in [-0.2, -0.15) is 4.98 Å². The van der Waals surface area contributed by atoms with Crippen LogP contribution in [0.1, 0.15) is 20.3 Å². The van der Waals surface area contributed by atoms with Crippen molar-refractivity contribution in [1.29, 1.82) is 0 Å². The molecular weight excluding hydrogens is 254 g/mol. The third-order valence-corrected chi connectivity index (χ3v) is 2.99. The third-order valence-electron chi connectivity index (χ3n) is 1.96. The Morgan fingerprint density at radius 3 is 2.78 bits per heavy atom. The van der Waals surface area contributed by atoms with E-state index >= 15 is 0 Å². The van der Waals surface area contributed by atoms with Gasteiger partial charge in [-0.15, -0.1) is 0 Å². The summed E-state index contributed by atoms with van der Waals surface area (Å²) in [5.74, 6) is 1.11. The summed E-state index contributed by atoms with van der Waals surface area (Å²) in [7, 11) is -2.91. The summed E-state index contributed by atoms with van der Waals surface area (Å²) in [5.41, 5.74) is 0. The molecule has 1 heterocycles. The highest BCUT2D eigenvalue weighted by atomic mass is 32.2. The van der Waals surface area contributed by atoms with Gasteiger partial charge < -0.3 is 10.1 Å². The highest BCUT2D eigenvalue weighted by molar-refractivity contribution is 7.90. The molecule has 102 valence electrons. The van der Waals surface area contributed by atoms with Crippen molar-refractivity contribution < 1.29 is 13.2 Å². The van der Waals surface area contributed by atoms with Crippen molar-refractivity contribution in [2.75, 3.05) is 23.9 Å². The lowest BCUT2D eigenvalue weighted by atomic mass is 10.5. The number of aromatic nitrogens is 2. The molecule has 1 rings (SSSR count). The van der Waals surface area contributed by atoms with Crippen LogP contribution in [0.4, 0.5) is 5.95 Å². The second-order valence-electron chi connectivity index (χ2n) is 4.30. The van der Waals surface area contributed by atoms with Crippen molar-refractivity contribution in [3.63, 3.8) is 0 Å². The third kappa shape index (κ3) is 6.39. The fourth-order valence-corrected chi connectivity index (χ4v) is 1.94. The average molecular weight is 273 g/mol. The van der Waals surface area contributed by atoms with Crippen LogP contribution in [0.5, 0.6) is 5.88 Å². The minimum Gasteiger partial charge on any atom is -0.475 e. The topological polar surface area (TPSA) is 81.2 Å². The number of hydrogen-bond donors (Lipinski definition) is 1. The number of ether oxygens (including phenoxy) is 1. The normalized spacial score (nSPS) is 11.6. The van der Waals surface area contributed by atoms with E-state index in [2.05, 4.69) is 15.3 Å². The van der Waals surface area contributed by atoms with E-state index in [1.807, 2.05) is 13.8 Å². The highest BCUT2D eigenvalue weighted by Crippen LogP contribution is 2.10. The number of anilines is 1. The van der Waals surface area contributed by atoms with Crippen molar-refractivity contribution in [2.24, 2.45) is 0 Å². The molecule has 1 aromatic heterocycles. The van der Waals surface area contributed by atoms with Crippen LogP contribution < -0.4 is 10.1 Å². The quantitative estimate of drug-likeness (QED) is 0.749. The summed E-state index contributed by atoms with van der Waals surface area (Å²) in [6.07, 6.45) is 3.40. The summed E-state index contributed by atoms with van der Waals surface area (Å²) in [5, 5.41) is 2.96. The fraction of sp³-hybridized carbons (Fsp3) is 0.636. The van der Waals surface area contributed by atoms with Crippen LogP contribution in [0.25, 0.3) is 0 Å². The molecule has 0 aliphatic rings. The summed E-state index contributed by atoms with van der Waals surface area (Å²) in [6.45, 7) is 4.35. The van der Waals surface area contributed by atoms with E-state index in [0.717, 1.165) is 0 Å². The smallest absolute Gasteiger partial charge is 0.225 e. The number of hydrogen-bond acceptors (Lipinski definition) is 6. The van der Waals surface area contributed by atoms with E-state index in [1.54, 1.807) is 12.3 Å². The van der Waals surface area contributed by atoms with Gasteiger partial charge in [-0.25, -0.2) is 13.4 Å². The first-order chi connectivity index (χ1) is 8.37. The molecule has 6 nitrogen and oxygen atoms in total. The maximum Gasteiger partial charge on any atom is 0.225 e. The molecule has 0 amide bonds. The first-order valence-corrected chi connectivity index (χ1v) is 7.84. The molecule has 0 saturated carbocycles. The largest absolute Gasteiger partial charge is 0.475 e. The number of sulfone groups is 1. The van der Waals surface area contributed by atoms with Crippen LogP contribution in [-0.4, -0.2) is 43.0 Å². The van der Waals surface area contributed by atoms with E-state index in [-0.39, 0.29) is 11.9 Å². The van der Waals surface area contributed by atoms with Crippen molar-refractivity contribution in [1.82, 2.24) is 9.97 Å². The lowest BCUT2D eigenvalue weighted by Crippen LogP contribution is -2.12. The zero-order valence-electron chi connectivity index (χ0n) is 10.9. The molecule has 0 atom stereocenters. The summed E-state index contributed by atoms with van der Waals surface area (Å²) < 4.78 is 27.3. The average Bonchev–Trinajstić information content (AvgIpc) is 2.23. The van der Waals surface area contributed by atoms with Crippen LogP contribution >= 0.6 is 0 Å². The number of nitrogens with zero attached hydrogens (tertiary/aromatic N) is 2. The molecule has 18 heavy (non-hydrogen) atoms. The Kier molecular flexibility index (Phi) is 5.33. The minimum absolute atomic E-state index is 0.0537. The summed E-state index contributed by atoms with van der Waals surface area (Å²) in [6, 6.07) is 1.68. The molecule has 0 radical (unpaired) electrons. The van der Waals surface area contributed by atoms with Gasteiger partial charge in [-0.3, -0.25) is 0 Å². The SMILES string of the molecule is CC(C)Oc1ccnc(NCCCS(C)(=O)=O)n1. The van der Waals surface area contributed by atoms with Gasteiger partial charge in [0.1, 0.15) is 9.84 Å². The van der Waals surface area contributed by atoms with E-state index in [4.69, 9.17) is 4.74 Å². The molecule has 1 N–H and O–H groups in total. The fourth-order valence-electron chi connectivity index (χ4n) is 1.27. The zero-order chi connectivity index (χ0) is 13.6. The van der Waals surface area contributed by atoms with E-state index in [9.17, 15) is 8.42 Å². The lowest BCUT2D eigenvalue weighted by molar-refractivity contribution is 0.232. The second kappa shape index (κ2) is 6.53. The van der Waals surface area contributed by atoms with Gasteiger partial charge in [0.25, 0.3) is 0 Å². The number of rotatable bonds is 7. The Balaban J connectivity index is 2.43. The van der Waals surface area contributed by atoms with Gasteiger partial charge in [0.2, 0.25) is 11.8 Å². The van der Waals surface area contributed by atoms with Crippen LogP contribution in [0, 0.1) is 0 Å². The Bertz CT molecular complexity index is 474. The molecule has 0 bridgehead atoms. The molecule has 0 aromatic carbocycles. The first kappa shape index (κ1) is 14.7. The minimum atomic E-state index is -2.91. The second-order valence-corrected chi connectivity index (χ2v) is 6.56. The van der Waals surface area contributed by atoms with E-state index < -0.39 is 9.84 Å². The molecule has 0 fully saturated rings.